The molecule has 1 heterocycles. The van der Waals surface area contributed by atoms with E-state index in [1.807, 2.05) is 0 Å². The van der Waals surface area contributed by atoms with Crippen molar-refractivity contribution in [2.24, 2.45) is 0 Å². The van der Waals surface area contributed by atoms with Gasteiger partial charge in [-0.25, -0.2) is 13.8 Å². The van der Waals surface area contributed by atoms with Crippen molar-refractivity contribution in [3.8, 4) is 11.4 Å². The van der Waals surface area contributed by atoms with Gasteiger partial charge in [0.2, 0.25) is 0 Å². The van der Waals surface area contributed by atoms with Crippen LogP contribution < -0.4 is 10.4 Å². The summed E-state index contributed by atoms with van der Waals surface area (Å²) in [7, 11) is 0. The van der Waals surface area contributed by atoms with Crippen LogP contribution in [-0.4, -0.2) is 14.3 Å². The maximum atomic E-state index is 14.5. The highest BCUT2D eigenvalue weighted by Gasteiger charge is 2.21. The van der Waals surface area contributed by atoms with E-state index >= 15 is 0 Å². The van der Waals surface area contributed by atoms with E-state index in [4.69, 9.17) is 27.9 Å². The Bertz CT molecular complexity index is 1030. The first-order valence-corrected chi connectivity index (χ1v) is 8.36. The normalized spacial score (nSPS) is 11.2. The van der Waals surface area contributed by atoms with Gasteiger partial charge in [-0.05, 0) is 30.7 Å². The molecule has 0 spiro atoms. The number of halogens is 5. The minimum absolute atomic E-state index is 0.00323. The molecule has 5 nitrogen and oxygen atoms in total. The second-order valence-corrected chi connectivity index (χ2v) is 6.38. The van der Waals surface area contributed by atoms with E-state index in [-0.39, 0.29) is 33.5 Å². The highest BCUT2D eigenvalue weighted by molar-refractivity contribution is 6.32. The SMILES string of the molecule is Cc1nn(-c2cc(Cl)c(OCc3ccc(Cl)cc3)cc2F)c(=O)n1C(F)F. The summed E-state index contributed by atoms with van der Waals surface area (Å²) in [4.78, 5) is 12.0. The van der Waals surface area contributed by atoms with Crippen LogP contribution >= 0.6 is 23.2 Å². The predicted octanol–water partition coefficient (Wildman–Crippen LogP) is 4.76. The van der Waals surface area contributed by atoms with Crippen molar-refractivity contribution in [3.63, 3.8) is 0 Å². The zero-order valence-corrected chi connectivity index (χ0v) is 15.3. The molecule has 0 radical (unpaired) electrons. The maximum Gasteiger partial charge on any atom is 0.355 e. The topological polar surface area (TPSA) is 49.1 Å². The highest BCUT2D eigenvalue weighted by atomic mass is 35.5. The fourth-order valence-electron chi connectivity index (χ4n) is 2.39. The average Bonchev–Trinajstić information content (AvgIpc) is 2.91. The number of nitrogens with zero attached hydrogens (tertiary/aromatic N) is 3. The number of alkyl halides is 2. The van der Waals surface area contributed by atoms with Crippen molar-refractivity contribution < 1.29 is 17.9 Å². The molecule has 0 unspecified atom stereocenters. The van der Waals surface area contributed by atoms with Crippen LogP contribution in [0, 0.1) is 12.7 Å². The Balaban J connectivity index is 1.90. The van der Waals surface area contributed by atoms with Crippen molar-refractivity contribution in [2.75, 3.05) is 0 Å². The van der Waals surface area contributed by atoms with Crippen LogP contribution in [0.15, 0.2) is 41.2 Å². The van der Waals surface area contributed by atoms with Gasteiger partial charge in [0.1, 0.15) is 23.9 Å². The molecule has 0 fully saturated rings. The molecule has 142 valence electrons. The molecule has 0 aliphatic rings. The summed E-state index contributed by atoms with van der Waals surface area (Å²) >= 11 is 11.9. The van der Waals surface area contributed by atoms with Gasteiger partial charge in [0.05, 0.1) is 5.02 Å². The first-order valence-electron chi connectivity index (χ1n) is 7.61. The summed E-state index contributed by atoms with van der Waals surface area (Å²) in [6.07, 6.45) is 0. The van der Waals surface area contributed by atoms with E-state index in [9.17, 15) is 18.0 Å². The first-order chi connectivity index (χ1) is 12.8. The van der Waals surface area contributed by atoms with E-state index in [1.54, 1.807) is 24.3 Å². The van der Waals surface area contributed by atoms with Gasteiger partial charge >= 0.3 is 12.2 Å². The second-order valence-electron chi connectivity index (χ2n) is 5.54. The molecule has 0 bridgehead atoms. The third-order valence-electron chi connectivity index (χ3n) is 3.71. The summed E-state index contributed by atoms with van der Waals surface area (Å²) < 4.78 is 46.5. The van der Waals surface area contributed by atoms with E-state index in [1.165, 1.54) is 6.92 Å². The number of benzene rings is 2. The molecule has 0 amide bonds. The van der Waals surface area contributed by atoms with Crippen LogP contribution in [0.4, 0.5) is 13.2 Å². The maximum absolute atomic E-state index is 14.5. The van der Waals surface area contributed by atoms with Gasteiger partial charge in [-0.1, -0.05) is 35.3 Å². The molecule has 0 aliphatic heterocycles. The molecule has 10 heteroatoms. The van der Waals surface area contributed by atoms with Gasteiger partial charge in [0, 0.05) is 11.1 Å². The predicted molar refractivity (Wildman–Crippen MR) is 94.6 cm³/mol. The molecule has 1 aromatic heterocycles. The van der Waals surface area contributed by atoms with Gasteiger partial charge in [-0.3, -0.25) is 0 Å². The molecule has 3 aromatic rings. The van der Waals surface area contributed by atoms with Crippen molar-refractivity contribution in [1.29, 1.82) is 0 Å². The van der Waals surface area contributed by atoms with E-state index in [0.29, 0.717) is 9.70 Å². The van der Waals surface area contributed by atoms with Gasteiger partial charge in [0.15, 0.2) is 5.82 Å². The Kier molecular flexibility index (Phi) is 5.48. The molecular weight excluding hydrogens is 406 g/mol. The fraction of sp³-hybridized carbons (Fsp3) is 0.176. The number of ether oxygens (including phenoxy) is 1. The number of aryl methyl sites for hydroxylation is 1. The lowest BCUT2D eigenvalue weighted by molar-refractivity contribution is 0.0640. The van der Waals surface area contributed by atoms with Gasteiger partial charge < -0.3 is 4.74 Å². The zero-order valence-electron chi connectivity index (χ0n) is 13.8. The number of aromatic nitrogens is 3. The Labute approximate surface area is 161 Å². The minimum Gasteiger partial charge on any atom is -0.487 e. The van der Waals surface area contributed by atoms with Crippen LogP contribution in [0.3, 0.4) is 0 Å². The summed E-state index contributed by atoms with van der Waals surface area (Å²) in [6.45, 7) is -1.77. The van der Waals surface area contributed by atoms with Gasteiger partial charge in [-0.15, -0.1) is 5.10 Å². The molecule has 2 aromatic carbocycles. The van der Waals surface area contributed by atoms with E-state index in [2.05, 4.69) is 5.10 Å². The van der Waals surface area contributed by atoms with E-state index in [0.717, 1.165) is 17.7 Å². The summed E-state index contributed by atoms with van der Waals surface area (Å²) in [5.41, 5.74) is -0.749. The number of hydrogen-bond acceptors (Lipinski definition) is 3. The van der Waals surface area contributed by atoms with Gasteiger partial charge in [0.25, 0.3) is 0 Å². The van der Waals surface area contributed by atoms with Crippen molar-refractivity contribution in [3.05, 3.63) is 74.1 Å². The number of rotatable bonds is 5. The van der Waals surface area contributed by atoms with Crippen LogP contribution in [-0.2, 0) is 6.61 Å². The van der Waals surface area contributed by atoms with Crippen molar-refractivity contribution >= 4 is 23.2 Å². The zero-order chi connectivity index (χ0) is 19.7. The average molecular weight is 418 g/mol. The minimum atomic E-state index is -3.09. The molecule has 3 rings (SSSR count). The standard InChI is InChI=1S/C17H12Cl2F3N3O2/c1-9-23-25(17(26)24(9)16(21)22)14-6-12(19)15(7-13(14)20)27-8-10-2-4-11(18)5-3-10/h2-7,16H,8H2,1H3. The largest absolute Gasteiger partial charge is 0.487 e. The molecule has 0 aliphatic carbocycles. The molecule has 0 saturated heterocycles. The smallest absolute Gasteiger partial charge is 0.355 e. The number of hydrogen-bond donors (Lipinski definition) is 0. The molecule has 27 heavy (non-hydrogen) atoms. The Morgan fingerprint density at radius 1 is 1.19 bits per heavy atom. The van der Waals surface area contributed by atoms with Crippen LogP contribution in [0.25, 0.3) is 5.69 Å². The molecule has 0 atom stereocenters. The van der Waals surface area contributed by atoms with Crippen molar-refractivity contribution in [1.82, 2.24) is 14.3 Å². The third kappa shape index (κ3) is 3.96. The second kappa shape index (κ2) is 7.66. The van der Waals surface area contributed by atoms with E-state index < -0.39 is 18.1 Å². The van der Waals surface area contributed by atoms with Crippen LogP contribution in [0.1, 0.15) is 17.9 Å². The lowest BCUT2D eigenvalue weighted by Gasteiger charge is -2.10. The Hall–Kier alpha value is -2.45. The summed E-state index contributed by atoms with van der Waals surface area (Å²) in [6, 6.07) is 8.90. The third-order valence-corrected chi connectivity index (χ3v) is 4.26. The van der Waals surface area contributed by atoms with Gasteiger partial charge in [-0.2, -0.15) is 13.5 Å². The Morgan fingerprint density at radius 3 is 2.44 bits per heavy atom. The quantitative estimate of drug-likeness (QED) is 0.600. The van der Waals surface area contributed by atoms with Crippen molar-refractivity contribution in [2.45, 2.75) is 20.1 Å². The summed E-state index contributed by atoms with van der Waals surface area (Å²) in [5, 5.41) is 4.23. The lowest BCUT2D eigenvalue weighted by atomic mass is 10.2. The molecule has 0 saturated carbocycles. The van der Waals surface area contributed by atoms with Crippen LogP contribution in [0.5, 0.6) is 5.75 Å². The monoisotopic (exact) mass is 417 g/mol. The first kappa shape index (κ1) is 19.3. The van der Waals surface area contributed by atoms with Crippen LogP contribution in [0.2, 0.25) is 10.0 Å². The molecular formula is C17H12Cl2F3N3O2. The Morgan fingerprint density at radius 2 is 1.85 bits per heavy atom. The fourth-order valence-corrected chi connectivity index (χ4v) is 2.73. The highest BCUT2D eigenvalue weighted by Crippen LogP contribution is 2.30. The summed E-state index contributed by atoms with van der Waals surface area (Å²) in [5.74, 6) is -1.12. The molecule has 0 N–H and O–H groups in total. The lowest BCUT2D eigenvalue weighted by Crippen LogP contribution is -2.25.